The molecule has 0 atom stereocenters. The van der Waals surface area contributed by atoms with Gasteiger partial charge >= 0.3 is 5.97 Å². The molecule has 2 N–H and O–H groups in total. The van der Waals surface area contributed by atoms with E-state index in [1.807, 2.05) is 4.90 Å². The third-order valence-corrected chi connectivity index (χ3v) is 1.30. The van der Waals surface area contributed by atoms with Crippen LogP contribution >= 0.6 is 12.4 Å². The van der Waals surface area contributed by atoms with E-state index in [1.165, 1.54) is 0 Å². The number of carbonyl (C=O) groups is 1. The number of carboxylic acid groups (broad SMARTS) is 1. The molecule has 0 spiro atoms. The van der Waals surface area contributed by atoms with Crippen LogP contribution < -0.4 is 5.32 Å². The van der Waals surface area contributed by atoms with E-state index in [0.29, 0.717) is 6.67 Å². The van der Waals surface area contributed by atoms with Crippen molar-refractivity contribution in [3.8, 4) is 0 Å². The van der Waals surface area contributed by atoms with Gasteiger partial charge in [-0.3, -0.25) is 9.69 Å². The summed E-state index contributed by atoms with van der Waals surface area (Å²) in [5.41, 5.74) is 0. The van der Waals surface area contributed by atoms with E-state index in [4.69, 9.17) is 5.11 Å². The summed E-state index contributed by atoms with van der Waals surface area (Å²) in [5, 5.41) is 11.3. The van der Waals surface area contributed by atoms with Crippen molar-refractivity contribution < 1.29 is 9.90 Å². The number of halogens is 1. The standard InChI is InChI=1S/C5H10N2O2.ClH/c8-5(9)3-7-2-1-6-4-7;/h6H,1-4H2,(H,8,9);1H. The lowest BCUT2D eigenvalue weighted by Crippen LogP contribution is -2.28. The second-order valence-electron chi connectivity index (χ2n) is 2.10. The Kier molecular flexibility index (Phi) is 4.34. The third-order valence-electron chi connectivity index (χ3n) is 1.30. The van der Waals surface area contributed by atoms with Gasteiger partial charge < -0.3 is 10.4 Å². The molecule has 0 radical (unpaired) electrons. The van der Waals surface area contributed by atoms with Crippen LogP contribution in [0.2, 0.25) is 0 Å². The summed E-state index contributed by atoms with van der Waals surface area (Å²) in [6.07, 6.45) is 0. The van der Waals surface area contributed by atoms with Crippen molar-refractivity contribution in [1.29, 1.82) is 0 Å². The molecule has 1 rings (SSSR count). The first-order valence-electron chi connectivity index (χ1n) is 2.94. The maximum Gasteiger partial charge on any atom is 0.317 e. The molecule has 10 heavy (non-hydrogen) atoms. The van der Waals surface area contributed by atoms with Crippen LogP contribution in [0.4, 0.5) is 0 Å². The van der Waals surface area contributed by atoms with Crippen molar-refractivity contribution in [3.05, 3.63) is 0 Å². The molecule has 0 aromatic rings. The summed E-state index contributed by atoms with van der Waals surface area (Å²) in [7, 11) is 0. The van der Waals surface area contributed by atoms with Gasteiger partial charge in [-0.25, -0.2) is 0 Å². The van der Waals surface area contributed by atoms with Crippen LogP contribution in [0.25, 0.3) is 0 Å². The monoisotopic (exact) mass is 166 g/mol. The molecule has 60 valence electrons. The van der Waals surface area contributed by atoms with E-state index in [9.17, 15) is 4.79 Å². The molecule has 1 saturated heterocycles. The molecule has 1 fully saturated rings. The highest BCUT2D eigenvalue weighted by atomic mass is 35.5. The molecule has 1 aliphatic heterocycles. The Balaban J connectivity index is 0.000000810. The predicted octanol–water partition coefficient (Wildman–Crippen LogP) is -0.645. The highest BCUT2D eigenvalue weighted by molar-refractivity contribution is 5.85. The average Bonchev–Trinajstić information content (AvgIpc) is 2.15. The second kappa shape index (κ2) is 4.49. The molecule has 0 unspecified atom stereocenters. The largest absolute Gasteiger partial charge is 0.480 e. The number of hydrogen-bond donors (Lipinski definition) is 2. The van der Waals surface area contributed by atoms with Gasteiger partial charge in [0.15, 0.2) is 0 Å². The third kappa shape index (κ3) is 3.00. The number of hydrogen-bond acceptors (Lipinski definition) is 3. The highest BCUT2D eigenvalue weighted by Gasteiger charge is 2.12. The molecule has 0 aliphatic carbocycles. The smallest absolute Gasteiger partial charge is 0.317 e. The van der Waals surface area contributed by atoms with Crippen molar-refractivity contribution in [2.24, 2.45) is 0 Å². The Hall–Kier alpha value is -0.320. The van der Waals surface area contributed by atoms with Gasteiger partial charge in [-0.1, -0.05) is 0 Å². The van der Waals surface area contributed by atoms with Crippen LogP contribution in [0.1, 0.15) is 0 Å². The molecule has 0 aromatic heterocycles. The van der Waals surface area contributed by atoms with Gasteiger partial charge in [0, 0.05) is 19.8 Å². The van der Waals surface area contributed by atoms with Crippen molar-refractivity contribution >= 4 is 18.4 Å². The molecule has 5 heteroatoms. The number of aliphatic carboxylic acids is 1. The zero-order valence-electron chi connectivity index (χ0n) is 5.54. The van der Waals surface area contributed by atoms with Crippen LogP contribution in [0.3, 0.4) is 0 Å². The summed E-state index contributed by atoms with van der Waals surface area (Å²) in [6.45, 7) is 2.64. The molecule has 0 saturated carbocycles. The number of carboxylic acids is 1. The molecule has 1 aliphatic rings. The zero-order chi connectivity index (χ0) is 6.69. The Bertz CT molecular complexity index is 114. The quantitative estimate of drug-likeness (QED) is 0.573. The van der Waals surface area contributed by atoms with E-state index in [2.05, 4.69) is 5.32 Å². The molecule has 0 bridgehead atoms. The van der Waals surface area contributed by atoms with Gasteiger partial charge in [0.05, 0.1) is 6.54 Å². The Labute approximate surface area is 65.6 Å². The lowest BCUT2D eigenvalue weighted by Gasteiger charge is -2.08. The summed E-state index contributed by atoms with van der Waals surface area (Å²) in [4.78, 5) is 11.9. The lowest BCUT2D eigenvalue weighted by atomic mass is 10.5. The Morgan fingerprint density at radius 2 is 2.40 bits per heavy atom. The van der Waals surface area contributed by atoms with Gasteiger partial charge in [0.1, 0.15) is 0 Å². The van der Waals surface area contributed by atoms with Crippen LogP contribution in [0.5, 0.6) is 0 Å². The first-order chi connectivity index (χ1) is 4.29. The van der Waals surface area contributed by atoms with Gasteiger partial charge in [0.2, 0.25) is 0 Å². The SMILES string of the molecule is Cl.O=C(O)CN1CCNC1. The predicted molar refractivity (Wildman–Crippen MR) is 39.3 cm³/mol. The van der Waals surface area contributed by atoms with Crippen LogP contribution in [0, 0.1) is 0 Å². The number of nitrogens with one attached hydrogen (secondary N) is 1. The summed E-state index contributed by atoms with van der Waals surface area (Å²) < 4.78 is 0. The van der Waals surface area contributed by atoms with Crippen molar-refractivity contribution in [2.75, 3.05) is 26.3 Å². The second-order valence-corrected chi connectivity index (χ2v) is 2.10. The van der Waals surface area contributed by atoms with Crippen LogP contribution in [0.15, 0.2) is 0 Å². The summed E-state index contributed by atoms with van der Waals surface area (Å²) >= 11 is 0. The minimum absolute atomic E-state index is 0. The van der Waals surface area contributed by atoms with E-state index >= 15 is 0 Å². The highest BCUT2D eigenvalue weighted by Crippen LogP contribution is 1.89. The molecule has 0 amide bonds. The minimum Gasteiger partial charge on any atom is -0.480 e. The van der Waals surface area contributed by atoms with Gasteiger partial charge in [-0.2, -0.15) is 0 Å². The van der Waals surface area contributed by atoms with Gasteiger partial charge in [-0.15, -0.1) is 12.4 Å². The fraction of sp³-hybridized carbons (Fsp3) is 0.800. The van der Waals surface area contributed by atoms with Crippen molar-refractivity contribution in [3.63, 3.8) is 0 Å². The molecular formula is C5H11ClN2O2. The van der Waals surface area contributed by atoms with E-state index in [1.54, 1.807) is 0 Å². The maximum absolute atomic E-state index is 10.1. The van der Waals surface area contributed by atoms with E-state index < -0.39 is 5.97 Å². The van der Waals surface area contributed by atoms with Gasteiger partial charge in [-0.05, 0) is 0 Å². The maximum atomic E-state index is 10.1. The van der Waals surface area contributed by atoms with Crippen LogP contribution in [-0.2, 0) is 4.79 Å². The van der Waals surface area contributed by atoms with Crippen LogP contribution in [-0.4, -0.2) is 42.3 Å². The van der Waals surface area contributed by atoms with Crippen molar-refractivity contribution in [1.82, 2.24) is 10.2 Å². The van der Waals surface area contributed by atoms with E-state index in [0.717, 1.165) is 13.1 Å². The molecular weight excluding hydrogens is 156 g/mol. The first-order valence-corrected chi connectivity index (χ1v) is 2.94. The molecule has 4 nitrogen and oxygen atoms in total. The molecule has 0 aromatic carbocycles. The zero-order valence-corrected chi connectivity index (χ0v) is 6.36. The average molecular weight is 167 g/mol. The Morgan fingerprint density at radius 3 is 2.80 bits per heavy atom. The Morgan fingerprint density at radius 1 is 1.70 bits per heavy atom. The van der Waals surface area contributed by atoms with E-state index in [-0.39, 0.29) is 19.0 Å². The first kappa shape index (κ1) is 9.68. The lowest BCUT2D eigenvalue weighted by molar-refractivity contribution is -0.138. The fourth-order valence-corrected chi connectivity index (χ4v) is 0.880. The summed E-state index contributed by atoms with van der Waals surface area (Å²) in [6, 6.07) is 0. The van der Waals surface area contributed by atoms with Gasteiger partial charge in [0.25, 0.3) is 0 Å². The van der Waals surface area contributed by atoms with Crippen molar-refractivity contribution in [2.45, 2.75) is 0 Å². The molecule has 1 heterocycles. The fourth-order valence-electron chi connectivity index (χ4n) is 0.880. The minimum atomic E-state index is -0.751. The number of nitrogens with zero attached hydrogens (tertiary/aromatic N) is 1. The number of rotatable bonds is 2. The summed E-state index contributed by atoms with van der Waals surface area (Å²) in [5.74, 6) is -0.751. The normalized spacial score (nSPS) is 18.4. The topological polar surface area (TPSA) is 52.6 Å².